The van der Waals surface area contributed by atoms with Gasteiger partial charge in [-0.1, -0.05) is 0 Å². The van der Waals surface area contributed by atoms with Gasteiger partial charge in [0.2, 0.25) is 5.91 Å². The molecule has 1 aromatic rings. The zero-order valence-corrected chi connectivity index (χ0v) is 12.0. The van der Waals surface area contributed by atoms with Crippen LogP contribution in [-0.2, 0) is 11.8 Å². The molecule has 3 rings (SSSR count). The highest BCUT2D eigenvalue weighted by Crippen LogP contribution is 2.28. The molecule has 1 N–H and O–H groups in total. The van der Waals surface area contributed by atoms with Crippen LogP contribution in [0.4, 0.5) is 0 Å². The molecule has 0 bridgehead atoms. The molecule has 2 aliphatic rings. The van der Waals surface area contributed by atoms with E-state index in [0.29, 0.717) is 5.92 Å². The number of rotatable bonds is 2. The van der Waals surface area contributed by atoms with E-state index in [2.05, 4.69) is 16.5 Å². The number of thioether (sulfide) groups is 1. The molecule has 0 radical (unpaired) electrons. The van der Waals surface area contributed by atoms with E-state index < -0.39 is 0 Å². The van der Waals surface area contributed by atoms with Crippen LogP contribution < -0.4 is 5.32 Å². The first-order valence-electron chi connectivity index (χ1n) is 6.83. The fourth-order valence-electron chi connectivity index (χ4n) is 2.95. The van der Waals surface area contributed by atoms with Crippen molar-refractivity contribution < 1.29 is 4.79 Å². The second-order valence-corrected chi connectivity index (χ2v) is 6.28. The lowest BCUT2D eigenvalue weighted by Crippen LogP contribution is -2.47. The third kappa shape index (κ3) is 2.65. The van der Waals surface area contributed by atoms with Gasteiger partial charge in [-0.3, -0.25) is 14.8 Å². The summed E-state index contributed by atoms with van der Waals surface area (Å²) in [5.74, 6) is 2.65. The maximum absolute atomic E-state index is 12.3. The van der Waals surface area contributed by atoms with E-state index >= 15 is 0 Å². The van der Waals surface area contributed by atoms with Gasteiger partial charge in [-0.05, 0) is 18.9 Å². The third-order valence-electron chi connectivity index (χ3n) is 4.10. The smallest absolute Gasteiger partial charge is 0.240 e. The molecular formula is C13H20N4OS. The van der Waals surface area contributed by atoms with Crippen LogP contribution in [0.25, 0.3) is 0 Å². The SMILES string of the molecule is Cn1nccc1C1CCN(C(=O)[C@H]2CSCN2)CC1. The van der Waals surface area contributed by atoms with E-state index in [4.69, 9.17) is 0 Å². The van der Waals surface area contributed by atoms with Crippen molar-refractivity contribution in [2.45, 2.75) is 24.8 Å². The fraction of sp³-hybridized carbons (Fsp3) is 0.692. The van der Waals surface area contributed by atoms with Crippen molar-refractivity contribution in [3.05, 3.63) is 18.0 Å². The maximum atomic E-state index is 12.3. The first-order valence-corrected chi connectivity index (χ1v) is 7.99. The van der Waals surface area contributed by atoms with E-state index in [0.717, 1.165) is 37.6 Å². The molecule has 1 amide bonds. The van der Waals surface area contributed by atoms with Crippen LogP contribution in [-0.4, -0.2) is 51.3 Å². The van der Waals surface area contributed by atoms with Crippen molar-refractivity contribution in [3.63, 3.8) is 0 Å². The number of nitrogens with zero attached hydrogens (tertiary/aromatic N) is 3. The number of hydrogen-bond donors (Lipinski definition) is 1. The zero-order chi connectivity index (χ0) is 13.2. The molecule has 0 saturated carbocycles. The standard InChI is InChI=1S/C13H20N4OS/c1-16-12(2-5-15-16)10-3-6-17(7-4-10)13(18)11-8-19-9-14-11/h2,5,10-11,14H,3-4,6-9H2,1H3/t11-/m1/s1. The Morgan fingerprint density at radius 2 is 2.26 bits per heavy atom. The molecule has 6 heteroatoms. The third-order valence-corrected chi connectivity index (χ3v) is 5.04. The summed E-state index contributed by atoms with van der Waals surface area (Å²) in [6, 6.07) is 2.13. The molecule has 2 aliphatic heterocycles. The molecule has 2 saturated heterocycles. The lowest BCUT2D eigenvalue weighted by atomic mass is 9.93. The summed E-state index contributed by atoms with van der Waals surface area (Å²) >= 11 is 1.80. The number of aryl methyl sites for hydroxylation is 1. The van der Waals surface area contributed by atoms with E-state index in [1.165, 1.54) is 5.69 Å². The van der Waals surface area contributed by atoms with Crippen LogP contribution in [0, 0.1) is 0 Å². The van der Waals surface area contributed by atoms with E-state index in [9.17, 15) is 4.79 Å². The average Bonchev–Trinajstić information content (AvgIpc) is 3.09. The highest BCUT2D eigenvalue weighted by atomic mass is 32.2. The van der Waals surface area contributed by atoms with E-state index in [-0.39, 0.29) is 11.9 Å². The Morgan fingerprint density at radius 3 is 2.84 bits per heavy atom. The van der Waals surface area contributed by atoms with Crippen LogP contribution in [0.15, 0.2) is 12.3 Å². The quantitative estimate of drug-likeness (QED) is 0.870. The van der Waals surface area contributed by atoms with Gasteiger partial charge in [0, 0.05) is 49.6 Å². The van der Waals surface area contributed by atoms with E-state index in [1.54, 1.807) is 11.8 Å². The van der Waals surface area contributed by atoms with Crippen molar-refractivity contribution in [2.24, 2.45) is 7.05 Å². The minimum atomic E-state index is 0.0400. The first kappa shape index (κ1) is 13.0. The molecule has 0 unspecified atom stereocenters. The van der Waals surface area contributed by atoms with Gasteiger partial charge < -0.3 is 4.90 Å². The zero-order valence-electron chi connectivity index (χ0n) is 11.2. The molecule has 104 valence electrons. The van der Waals surface area contributed by atoms with Gasteiger partial charge in [-0.2, -0.15) is 5.10 Å². The highest BCUT2D eigenvalue weighted by molar-refractivity contribution is 7.99. The van der Waals surface area contributed by atoms with Gasteiger partial charge >= 0.3 is 0 Å². The average molecular weight is 280 g/mol. The van der Waals surface area contributed by atoms with Crippen molar-refractivity contribution in [1.29, 1.82) is 0 Å². The molecule has 1 aromatic heterocycles. The Morgan fingerprint density at radius 1 is 1.47 bits per heavy atom. The molecule has 19 heavy (non-hydrogen) atoms. The van der Waals surface area contributed by atoms with Crippen LogP contribution in [0.3, 0.4) is 0 Å². The molecule has 3 heterocycles. The van der Waals surface area contributed by atoms with Gasteiger partial charge in [-0.25, -0.2) is 0 Å². The molecule has 0 aromatic carbocycles. The maximum Gasteiger partial charge on any atom is 0.240 e. The minimum Gasteiger partial charge on any atom is -0.341 e. The summed E-state index contributed by atoms with van der Waals surface area (Å²) < 4.78 is 1.96. The number of piperidine rings is 1. The molecule has 1 atom stereocenters. The Hall–Kier alpha value is -1.01. The Balaban J connectivity index is 1.57. The topological polar surface area (TPSA) is 50.2 Å². The van der Waals surface area contributed by atoms with Gasteiger partial charge in [-0.15, -0.1) is 11.8 Å². The van der Waals surface area contributed by atoms with Crippen molar-refractivity contribution in [3.8, 4) is 0 Å². The lowest BCUT2D eigenvalue weighted by Gasteiger charge is -2.33. The molecule has 0 spiro atoms. The Kier molecular flexibility index (Phi) is 3.79. The van der Waals surface area contributed by atoms with Crippen molar-refractivity contribution >= 4 is 17.7 Å². The monoisotopic (exact) mass is 280 g/mol. The highest BCUT2D eigenvalue weighted by Gasteiger charge is 2.30. The number of hydrogen-bond acceptors (Lipinski definition) is 4. The van der Waals surface area contributed by atoms with Crippen molar-refractivity contribution in [1.82, 2.24) is 20.0 Å². The van der Waals surface area contributed by atoms with Crippen LogP contribution in [0.2, 0.25) is 0 Å². The molecule has 2 fully saturated rings. The van der Waals surface area contributed by atoms with Crippen molar-refractivity contribution in [2.75, 3.05) is 24.7 Å². The Bertz CT molecular complexity index is 447. The van der Waals surface area contributed by atoms with Gasteiger partial charge in [0.15, 0.2) is 0 Å². The van der Waals surface area contributed by atoms with Gasteiger partial charge in [0.05, 0.1) is 6.04 Å². The lowest BCUT2D eigenvalue weighted by molar-refractivity contribution is -0.133. The predicted octanol–water partition coefficient (Wildman–Crippen LogP) is 0.789. The Labute approximate surface area is 117 Å². The fourth-order valence-corrected chi connectivity index (χ4v) is 3.89. The molecular weight excluding hydrogens is 260 g/mol. The van der Waals surface area contributed by atoms with Crippen LogP contribution in [0.1, 0.15) is 24.5 Å². The second-order valence-electron chi connectivity index (χ2n) is 5.25. The molecule has 0 aliphatic carbocycles. The number of carbonyl (C=O) groups excluding carboxylic acids is 1. The summed E-state index contributed by atoms with van der Waals surface area (Å²) in [5, 5.41) is 7.49. The minimum absolute atomic E-state index is 0.0400. The van der Waals surface area contributed by atoms with E-state index in [1.807, 2.05) is 22.8 Å². The van der Waals surface area contributed by atoms with Crippen LogP contribution in [0.5, 0.6) is 0 Å². The summed E-state index contributed by atoms with van der Waals surface area (Å²) in [5.41, 5.74) is 1.29. The first-order chi connectivity index (χ1) is 9.25. The van der Waals surface area contributed by atoms with Crippen LogP contribution >= 0.6 is 11.8 Å². The summed E-state index contributed by atoms with van der Waals surface area (Å²) in [6.07, 6.45) is 3.95. The summed E-state index contributed by atoms with van der Waals surface area (Å²) in [6.45, 7) is 1.75. The summed E-state index contributed by atoms with van der Waals surface area (Å²) in [7, 11) is 1.99. The normalized spacial score (nSPS) is 24.9. The predicted molar refractivity (Wildman–Crippen MR) is 76.0 cm³/mol. The van der Waals surface area contributed by atoms with Gasteiger partial charge in [0.1, 0.15) is 0 Å². The summed E-state index contributed by atoms with van der Waals surface area (Å²) in [4.78, 5) is 14.3. The number of aromatic nitrogens is 2. The number of likely N-dealkylation sites (tertiary alicyclic amines) is 1. The number of nitrogens with one attached hydrogen (secondary N) is 1. The second kappa shape index (κ2) is 5.54. The van der Waals surface area contributed by atoms with Gasteiger partial charge in [0.25, 0.3) is 0 Å². The number of carbonyl (C=O) groups is 1. The number of amides is 1. The largest absolute Gasteiger partial charge is 0.341 e. The molecule has 5 nitrogen and oxygen atoms in total.